The molecule has 7 nitrogen and oxygen atoms in total. The molecular weight excluding hydrogens is 358 g/mol. The number of nitrogens with zero attached hydrogens (tertiary/aromatic N) is 3. The molecule has 2 heterocycles. The minimum atomic E-state index is -0.688. The van der Waals surface area contributed by atoms with E-state index in [0.29, 0.717) is 36.3 Å². The Morgan fingerprint density at radius 3 is 2.64 bits per heavy atom. The first-order chi connectivity index (χ1) is 13.4. The third-order valence-corrected chi connectivity index (χ3v) is 4.94. The number of rotatable bonds is 5. The fourth-order valence-corrected chi connectivity index (χ4v) is 3.56. The van der Waals surface area contributed by atoms with Gasteiger partial charge < -0.3 is 9.64 Å². The summed E-state index contributed by atoms with van der Waals surface area (Å²) in [6.07, 6.45) is 2.07. The van der Waals surface area contributed by atoms with E-state index in [1.165, 1.54) is 4.68 Å². The van der Waals surface area contributed by atoms with Crippen LogP contribution in [0.2, 0.25) is 0 Å². The van der Waals surface area contributed by atoms with Crippen LogP contribution >= 0.6 is 0 Å². The number of hydrogen-bond acceptors (Lipinski definition) is 5. The summed E-state index contributed by atoms with van der Waals surface area (Å²) in [5.41, 5.74) is -0.171. The molecule has 1 aromatic heterocycles. The van der Waals surface area contributed by atoms with E-state index in [4.69, 9.17) is 4.74 Å². The monoisotopic (exact) mass is 385 g/mol. The van der Waals surface area contributed by atoms with Gasteiger partial charge in [-0.2, -0.15) is 5.10 Å². The van der Waals surface area contributed by atoms with E-state index in [-0.39, 0.29) is 29.7 Å². The smallest absolute Gasteiger partial charge is 0.359 e. The van der Waals surface area contributed by atoms with Crippen molar-refractivity contribution in [3.05, 3.63) is 40.3 Å². The predicted octanol–water partition coefficient (Wildman–Crippen LogP) is 2.47. The number of hydrogen-bond donors (Lipinski definition) is 0. The third kappa shape index (κ3) is 4.40. The molecule has 150 valence electrons. The Morgan fingerprint density at radius 1 is 1.25 bits per heavy atom. The summed E-state index contributed by atoms with van der Waals surface area (Å²) in [6.45, 7) is 7.52. The number of amides is 1. The van der Waals surface area contributed by atoms with Crippen molar-refractivity contribution >= 4 is 22.6 Å². The van der Waals surface area contributed by atoms with Gasteiger partial charge in [0.1, 0.15) is 0 Å². The van der Waals surface area contributed by atoms with Gasteiger partial charge >= 0.3 is 5.97 Å². The molecule has 1 amide bonds. The Balaban J connectivity index is 1.81. The maximum Gasteiger partial charge on any atom is 0.359 e. The quantitative estimate of drug-likeness (QED) is 0.739. The average molecular weight is 385 g/mol. The molecule has 1 aromatic carbocycles. The number of likely N-dealkylation sites (tertiary alicyclic amines) is 1. The first-order valence-electron chi connectivity index (χ1n) is 9.81. The Labute approximate surface area is 164 Å². The normalized spacial score (nSPS) is 17.1. The number of carbonyl (C=O) groups excluding carboxylic acids is 2. The molecule has 0 N–H and O–H groups in total. The number of ether oxygens (including phenoxy) is 1. The lowest BCUT2D eigenvalue weighted by Gasteiger charge is -2.30. The zero-order valence-corrected chi connectivity index (χ0v) is 16.7. The number of piperidine rings is 1. The number of esters is 1. The summed E-state index contributed by atoms with van der Waals surface area (Å²) in [7, 11) is 0. The molecule has 1 fully saturated rings. The number of aromatic nitrogens is 2. The van der Waals surface area contributed by atoms with Gasteiger partial charge in [0.05, 0.1) is 5.39 Å². The SMILES string of the molecule is CC(C)Cn1nc(C(=O)OCC(=O)N2CCC[C@H](C)C2)c2ccccc2c1=O. The van der Waals surface area contributed by atoms with Crippen molar-refractivity contribution < 1.29 is 14.3 Å². The second-order valence-corrected chi connectivity index (χ2v) is 7.94. The summed E-state index contributed by atoms with van der Waals surface area (Å²) < 4.78 is 6.58. The molecule has 0 spiro atoms. The molecular formula is C21H27N3O4. The Kier molecular flexibility index (Phi) is 6.11. The topological polar surface area (TPSA) is 81.5 Å². The van der Waals surface area contributed by atoms with Gasteiger partial charge in [0.15, 0.2) is 12.3 Å². The van der Waals surface area contributed by atoms with Crippen LogP contribution in [0.25, 0.3) is 10.8 Å². The highest BCUT2D eigenvalue weighted by Gasteiger charge is 2.24. The molecule has 3 rings (SSSR count). The van der Waals surface area contributed by atoms with Crippen LogP contribution in [-0.2, 0) is 16.1 Å². The van der Waals surface area contributed by atoms with E-state index >= 15 is 0 Å². The number of benzene rings is 1. The molecule has 7 heteroatoms. The molecule has 0 aliphatic carbocycles. The molecule has 0 unspecified atom stereocenters. The van der Waals surface area contributed by atoms with E-state index < -0.39 is 5.97 Å². The van der Waals surface area contributed by atoms with Crippen LogP contribution in [0.3, 0.4) is 0 Å². The van der Waals surface area contributed by atoms with Crippen LogP contribution in [0.15, 0.2) is 29.1 Å². The fourth-order valence-electron chi connectivity index (χ4n) is 3.56. The summed E-state index contributed by atoms with van der Waals surface area (Å²) >= 11 is 0. The molecule has 2 aromatic rings. The van der Waals surface area contributed by atoms with Crippen molar-refractivity contribution in [3.63, 3.8) is 0 Å². The maximum atomic E-state index is 12.7. The summed E-state index contributed by atoms with van der Waals surface area (Å²) in [5, 5.41) is 5.11. The zero-order chi connectivity index (χ0) is 20.3. The first-order valence-corrected chi connectivity index (χ1v) is 9.81. The van der Waals surface area contributed by atoms with Gasteiger partial charge in [0.25, 0.3) is 11.5 Å². The van der Waals surface area contributed by atoms with Gasteiger partial charge in [-0.3, -0.25) is 9.59 Å². The molecule has 1 aliphatic rings. The summed E-state index contributed by atoms with van der Waals surface area (Å²) in [6, 6.07) is 6.84. The predicted molar refractivity (Wildman–Crippen MR) is 106 cm³/mol. The van der Waals surface area contributed by atoms with Gasteiger partial charge in [0, 0.05) is 25.0 Å². The third-order valence-electron chi connectivity index (χ3n) is 4.94. The largest absolute Gasteiger partial charge is 0.451 e. The summed E-state index contributed by atoms with van der Waals surface area (Å²) in [4.78, 5) is 39.4. The van der Waals surface area contributed by atoms with Gasteiger partial charge in [0.2, 0.25) is 0 Å². The van der Waals surface area contributed by atoms with Crippen molar-refractivity contribution in [2.24, 2.45) is 11.8 Å². The number of fused-ring (bicyclic) bond motifs is 1. The lowest BCUT2D eigenvalue weighted by atomic mass is 10.0. The van der Waals surface area contributed by atoms with Crippen molar-refractivity contribution in [1.82, 2.24) is 14.7 Å². The van der Waals surface area contributed by atoms with Crippen molar-refractivity contribution in [1.29, 1.82) is 0 Å². The van der Waals surface area contributed by atoms with E-state index in [1.807, 2.05) is 13.8 Å². The van der Waals surface area contributed by atoms with Crippen LogP contribution in [0.1, 0.15) is 44.1 Å². The highest BCUT2D eigenvalue weighted by Crippen LogP contribution is 2.17. The highest BCUT2D eigenvalue weighted by atomic mass is 16.5. The molecule has 0 bridgehead atoms. The van der Waals surface area contributed by atoms with Crippen LogP contribution in [0.5, 0.6) is 0 Å². The highest BCUT2D eigenvalue weighted by molar-refractivity contribution is 6.02. The van der Waals surface area contributed by atoms with E-state index in [9.17, 15) is 14.4 Å². The Morgan fingerprint density at radius 2 is 1.96 bits per heavy atom. The Hall–Kier alpha value is -2.70. The van der Waals surface area contributed by atoms with Gasteiger partial charge in [-0.15, -0.1) is 0 Å². The molecule has 0 radical (unpaired) electrons. The van der Waals surface area contributed by atoms with Crippen molar-refractivity contribution in [3.8, 4) is 0 Å². The first kappa shape index (κ1) is 20.0. The lowest BCUT2D eigenvalue weighted by Crippen LogP contribution is -2.41. The van der Waals surface area contributed by atoms with Crippen LogP contribution < -0.4 is 5.56 Å². The van der Waals surface area contributed by atoms with Gasteiger partial charge in [-0.1, -0.05) is 39.0 Å². The second-order valence-electron chi connectivity index (χ2n) is 7.94. The van der Waals surface area contributed by atoms with Gasteiger partial charge in [-0.25, -0.2) is 9.48 Å². The minimum Gasteiger partial charge on any atom is -0.451 e. The van der Waals surface area contributed by atoms with Gasteiger partial charge in [-0.05, 0) is 30.7 Å². The second kappa shape index (κ2) is 8.54. The number of carbonyl (C=O) groups is 2. The maximum absolute atomic E-state index is 12.7. The standard InChI is InChI=1S/C21H27N3O4/c1-14(2)11-24-20(26)17-9-5-4-8-16(17)19(22-24)21(27)28-13-18(25)23-10-6-7-15(3)12-23/h4-5,8-9,14-15H,6-7,10-13H2,1-3H3/t15-/m0/s1. The zero-order valence-electron chi connectivity index (χ0n) is 16.7. The van der Waals surface area contributed by atoms with Crippen LogP contribution in [-0.4, -0.2) is 46.3 Å². The minimum absolute atomic E-state index is 0.0654. The van der Waals surface area contributed by atoms with Crippen molar-refractivity contribution in [2.75, 3.05) is 19.7 Å². The molecule has 1 aliphatic heterocycles. The molecule has 1 atom stereocenters. The van der Waals surface area contributed by atoms with Crippen molar-refractivity contribution in [2.45, 2.75) is 40.2 Å². The van der Waals surface area contributed by atoms with E-state index in [0.717, 1.165) is 12.8 Å². The van der Waals surface area contributed by atoms with Crippen LogP contribution in [0, 0.1) is 11.8 Å². The average Bonchev–Trinajstić information content (AvgIpc) is 2.67. The fraction of sp³-hybridized carbons (Fsp3) is 0.524. The molecule has 1 saturated heterocycles. The van der Waals surface area contributed by atoms with Crippen LogP contribution in [0.4, 0.5) is 0 Å². The summed E-state index contributed by atoms with van der Waals surface area (Å²) in [5.74, 6) is -0.233. The van der Waals surface area contributed by atoms with E-state index in [2.05, 4.69) is 12.0 Å². The lowest BCUT2D eigenvalue weighted by molar-refractivity contribution is -0.136. The Bertz CT molecular complexity index is 935. The molecule has 0 saturated carbocycles. The molecule has 28 heavy (non-hydrogen) atoms. The van der Waals surface area contributed by atoms with E-state index in [1.54, 1.807) is 29.2 Å².